The minimum Gasteiger partial charge on any atom is -0.351 e. The second-order valence-electron chi connectivity index (χ2n) is 8.15. The van der Waals surface area contributed by atoms with Gasteiger partial charge in [0.15, 0.2) is 0 Å². The molecular weight excluding hydrogens is 402 g/mol. The van der Waals surface area contributed by atoms with Gasteiger partial charge in [0.2, 0.25) is 5.91 Å². The molecule has 30 heavy (non-hydrogen) atoms. The highest BCUT2D eigenvalue weighted by Gasteiger charge is 2.34. The minimum absolute atomic E-state index is 0.0286. The van der Waals surface area contributed by atoms with Gasteiger partial charge < -0.3 is 10.6 Å². The van der Waals surface area contributed by atoms with Crippen molar-refractivity contribution in [3.63, 3.8) is 0 Å². The molecule has 2 N–H and O–H groups in total. The van der Waals surface area contributed by atoms with Crippen molar-refractivity contribution in [1.29, 1.82) is 0 Å². The maximum atomic E-state index is 12.8. The van der Waals surface area contributed by atoms with Crippen LogP contribution in [0.25, 0.3) is 15.9 Å². The maximum Gasteiger partial charge on any atom is 0.324 e. The van der Waals surface area contributed by atoms with Crippen LogP contribution in [-0.4, -0.2) is 52.2 Å². The molecule has 1 saturated heterocycles. The van der Waals surface area contributed by atoms with Crippen molar-refractivity contribution in [3.8, 4) is 5.69 Å². The third-order valence-corrected chi connectivity index (χ3v) is 6.13. The van der Waals surface area contributed by atoms with Crippen molar-refractivity contribution in [2.75, 3.05) is 19.6 Å². The molecule has 0 aliphatic carbocycles. The summed E-state index contributed by atoms with van der Waals surface area (Å²) in [6, 6.07) is 11.3. The molecular formula is C21H23N5O3S. The third-order valence-electron chi connectivity index (χ3n) is 5.02. The Morgan fingerprint density at radius 1 is 1.27 bits per heavy atom. The Kier molecular flexibility index (Phi) is 5.07. The molecule has 3 aromatic rings. The number of para-hydroxylation sites is 1. The van der Waals surface area contributed by atoms with Gasteiger partial charge in [-0.05, 0) is 25.1 Å². The van der Waals surface area contributed by atoms with Crippen LogP contribution in [0.2, 0.25) is 0 Å². The number of thiophene rings is 1. The van der Waals surface area contributed by atoms with Crippen LogP contribution in [-0.2, 0) is 4.79 Å². The molecule has 0 unspecified atom stereocenters. The molecule has 4 amide bonds. The Bertz CT molecular complexity index is 1120. The number of benzene rings is 1. The molecule has 4 rings (SSSR count). The largest absolute Gasteiger partial charge is 0.351 e. The van der Waals surface area contributed by atoms with E-state index < -0.39 is 5.41 Å². The van der Waals surface area contributed by atoms with Gasteiger partial charge in [-0.1, -0.05) is 32.0 Å². The van der Waals surface area contributed by atoms with Gasteiger partial charge in [0.25, 0.3) is 5.91 Å². The first-order chi connectivity index (χ1) is 14.2. The lowest BCUT2D eigenvalue weighted by molar-refractivity contribution is -0.125. The number of hydrogen-bond donors (Lipinski definition) is 2. The Labute approximate surface area is 177 Å². The molecule has 156 valence electrons. The van der Waals surface area contributed by atoms with Crippen LogP contribution in [0, 0.1) is 12.3 Å². The standard InChI is InChI=1S/C21H23N5O3S/c1-13-15-9-16(30-19(15)26(24-13)14-7-5-4-6-8-14)18(28)23-11-21(2,3)12-25-17(27)10-22-20(25)29/h4-9H,10-12H2,1-3H3,(H,22,29)(H,23,28). The molecule has 1 aliphatic heterocycles. The van der Waals surface area contributed by atoms with Crippen LogP contribution < -0.4 is 10.6 Å². The van der Waals surface area contributed by atoms with E-state index in [1.54, 1.807) is 0 Å². The van der Waals surface area contributed by atoms with E-state index in [2.05, 4.69) is 15.7 Å². The molecule has 1 aromatic carbocycles. The molecule has 0 bridgehead atoms. The Morgan fingerprint density at radius 3 is 2.67 bits per heavy atom. The van der Waals surface area contributed by atoms with E-state index in [1.165, 1.54) is 16.2 Å². The summed E-state index contributed by atoms with van der Waals surface area (Å²) in [6.07, 6.45) is 0. The summed E-state index contributed by atoms with van der Waals surface area (Å²) < 4.78 is 1.85. The fourth-order valence-corrected chi connectivity index (χ4v) is 4.51. The number of rotatable bonds is 6. The molecule has 0 radical (unpaired) electrons. The zero-order valence-corrected chi connectivity index (χ0v) is 17.9. The maximum absolute atomic E-state index is 12.8. The fraction of sp³-hybridized carbons (Fsp3) is 0.333. The summed E-state index contributed by atoms with van der Waals surface area (Å²) in [5, 5.41) is 11.0. The predicted octanol–water partition coefficient (Wildman–Crippen LogP) is 2.70. The molecule has 1 fully saturated rings. The van der Waals surface area contributed by atoms with E-state index in [0.717, 1.165) is 21.6 Å². The first-order valence-electron chi connectivity index (χ1n) is 9.66. The number of hydrogen-bond acceptors (Lipinski definition) is 5. The summed E-state index contributed by atoms with van der Waals surface area (Å²) in [5.41, 5.74) is 1.35. The Balaban J connectivity index is 1.48. The first-order valence-corrected chi connectivity index (χ1v) is 10.5. The number of amides is 4. The number of aryl methyl sites for hydroxylation is 1. The normalized spacial score (nSPS) is 14.4. The zero-order chi connectivity index (χ0) is 21.5. The van der Waals surface area contributed by atoms with Gasteiger partial charge in [-0.2, -0.15) is 5.10 Å². The topological polar surface area (TPSA) is 96.3 Å². The molecule has 2 aromatic heterocycles. The summed E-state index contributed by atoms with van der Waals surface area (Å²) in [5.74, 6) is -0.426. The minimum atomic E-state index is -0.458. The van der Waals surface area contributed by atoms with Gasteiger partial charge >= 0.3 is 6.03 Å². The molecule has 9 heteroatoms. The smallest absolute Gasteiger partial charge is 0.324 e. The lowest BCUT2D eigenvalue weighted by Crippen LogP contribution is -2.44. The van der Waals surface area contributed by atoms with Crippen LogP contribution in [0.4, 0.5) is 4.79 Å². The van der Waals surface area contributed by atoms with Gasteiger partial charge in [-0.15, -0.1) is 11.3 Å². The number of fused-ring (bicyclic) bond motifs is 1. The summed E-state index contributed by atoms with van der Waals surface area (Å²) >= 11 is 1.39. The van der Waals surface area contributed by atoms with Crippen LogP contribution in [0.5, 0.6) is 0 Å². The average molecular weight is 426 g/mol. The van der Waals surface area contributed by atoms with Crippen molar-refractivity contribution in [2.24, 2.45) is 5.41 Å². The van der Waals surface area contributed by atoms with Crippen LogP contribution in [0.3, 0.4) is 0 Å². The second kappa shape index (κ2) is 7.56. The van der Waals surface area contributed by atoms with Crippen LogP contribution in [0.1, 0.15) is 29.2 Å². The molecule has 8 nitrogen and oxygen atoms in total. The molecule has 0 spiro atoms. The molecule has 1 aliphatic rings. The van der Waals surface area contributed by atoms with Gasteiger partial charge in [0, 0.05) is 23.9 Å². The number of carbonyl (C=O) groups excluding carboxylic acids is 3. The van der Waals surface area contributed by atoms with E-state index in [9.17, 15) is 14.4 Å². The molecule has 0 saturated carbocycles. The number of nitrogens with one attached hydrogen (secondary N) is 2. The van der Waals surface area contributed by atoms with E-state index >= 15 is 0 Å². The number of nitrogens with zero attached hydrogens (tertiary/aromatic N) is 3. The van der Waals surface area contributed by atoms with Crippen LogP contribution >= 0.6 is 11.3 Å². The van der Waals surface area contributed by atoms with Crippen molar-refractivity contribution >= 4 is 39.4 Å². The fourth-order valence-electron chi connectivity index (χ4n) is 3.41. The Hall–Kier alpha value is -3.20. The number of carbonyl (C=O) groups is 3. The van der Waals surface area contributed by atoms with Gasteiger partial charge in [0.05, 0.1) is 22.8 Å². The predicted molar refractivity (Wildman–Crippen MR) is 115 cm³/mol. The SMILES string of the molecule is Cc1nn(-c2ccccc2)c2sc(C(=O)NCC(C)(C)CN3C(=O)CNC3=O)cc12. The summed E-state index contributed by atoms with van der Waals surface area (Å²) in [4.78, 5) is 39.1. The highest BCUT2D eigenvalue weighted by Crippen LogP contribution is 2.30. The van der Waals surface area contributed by atoms with E-state index in [4.69, 9.17) is 0 Å². The summed E-state index contributed by atoms with van der Waals surface area (Å²) in [7, 11) is 0. The van der Waals surface area contributed by atoms with Crippen LogP contribution in [0.15, 0.2) is 36.4 Å². The van der Waals surface area contributed by atoms with Gasteiger partial charge in [-0.25, -0.2) is 9.48 Å². The first kappa shape index (κ1) is 20.1. The lowest BCUT2D eigenvalue weighted by atomic mass is 9.92. The number of aromatic nitrogens is 2. The quantitative estimate of drug-likeness (QED) is 0.594. The van der Waals surface area contributed by atoms with Crippen molar-refractivity contribution in [2.45, 2.75) is 20.8 Å². The monoisotopic (exact) mass is 425 g/mol. The highest BCUT2D eigenvalue weighted by atomic mass is 32.1. The van der Waals surface area contributed by atoms with E-state index in [1.807, 2.05) is 61.9 Å². The number of urea groups is 1. The lowest BCUT2D eigenvalue weighted by Gasteiger charge is -2.28. The zero-order valence-electron chi connectivity index (χ0n) is 17.1. The van der Waals surface area contributed by atoms with E-state index in [0.29, 0.717) is 11.4 Å². The average Bonchev–Trinajstić information content (AvgIpc) is 3.38. The van der Waals surface area contributed by atoms with Gasteiger partial charge in [-0.3, -0.25) is 14.5 Å². The van der Waals surface area contributed by atoms with Crippen molar-refractivity contribution in [1.82, 2.24) is 25.3 Å². The highest BCUT2D eigenvalue weighted by molar-refractivity contribution is 7.20. The van der Waals surface area contributed by atoms with Crippen molar-refractivity contribution < 1.29 is 14.4 Å². The van der Waals surface area contributed by atoms with Crippen molar-refractivity contribution in [3.05, 3.63) is 47.0 Å². The third kappa shape index (κ3) is 3.80. The molecule has 3 heterocycles. The van der Waals surface area contributed by atoms with Gasteiger partial charge in [0.1, 0.15) is 4.83 Å². The number of imide groups is 1. The van der Waals surface area contributed by atoms with E-state index in [-0.39, 0.29) is 30.9 Å². The molecule has 0 atom stereocenters. The second-order valence-corrected chi connectivity index (χ2v) is 9.18. The summed E-state index contributed by atoms with van der Waals surface area (Å²) in [6.45, 7) is 6.36. The Morgan fingerprint density at radius 2 is 2.00 bits per heavy atom.